The van der Waals surface area contributed by atoms with Crippen molar-refractivity contribution >= 4 is 68.2 Å². The number of para-hydroxylation sites is 6. The number of anilines is 12. The molecule has 2 atom stereocenters. The highest BCUT2D eigenvalue weighted by Crippen LogP contribution is 2.67. The van der Waals surface area contributed by atoms with Crippen LogP contribution in [0.1, 0.15) is 44.5 Å². The summed E-state index contributed by atoms with van der Waals surface area (Å²) in [4.78, 5) is 9.41. The Balaban J connectivity index is 0.000000151. The number of fused-ring (bicyclic) bond motifs is 16. The number of hydrogen-bond acceptors (Lipinski definition) is 8. The van der Waals surface area contributed by atoms with Gasteiger partial charge in [0.25, 0.3) is 0 Å². The zero-order valence-electron chi connectivity index (χ0n) is 77.5. The van der Waals surface area contributed by atoms with Gasteiger partial charge >= 0.3 is 0 Å². The number of hydrogen-bond donors (Lipinski definition) is 0. The molecule has 0 fully saturated rings. The topological polar surface area (TPSA) is 49.9 Å². The summed E-state index contributed by atoms with van der Waals surface area (Å²) in [5.41, 5.74) is 32.7. The highest BCUT2D eigenvalue weighted by molar-refractivity contribution is 5.93. The third kappa shape index (κ3) is 15.3. The summed E-state index contributed by atoms with van der Waals surface area (Å²) in [6, 6.07) is 198. The molecule has 22 aromatic rings. The van der Waals surface area contributed by atoms with Crippen molar-refractivity contribution < 1.29 is 18.9 Å². The zero-order chi connectivity index (χ0) is 94.3. The summed E-state index contributed by atoms with van der Waals surface area (Å²) in [5.74, 6) is 6.32. The van der Waals surface area contributed by atoms with Crippen LogP contribution in [0, 0.1) is 0 Å². The molecule has 26 rings (SSSR count). The van der Waals surface area contributed by atoms with Gasteiger partial charge in [-0.25, -0.2) is 0 Å². The molecule has 672 valence electrons. The lowest BCUT2D eigenvalue weighted by Crippen LogP contribution is -2.38. The fourth-order valence-electron chi connectivity index (χ4n) is 21.6. The minimum absolute atomic E-state index is 0.767. The lowest BCUT2D eigenvalue weighted by molar-refractivity contribution is 0.399. The van der Waals surface area contributed by atoms with Crippen LogP contribution in [0.4, 0.5) is 68.2 Å². The van der Waals surface area contributed by atoms with Crippen molar-refractivity contribution in [1.29, 1.82) is 0 Å². The quantitative estimate of drug-likeness (QED) is 0.0842. The summed E-state index contributed by atoms with van der Waals surface area (Å²) in [7, 11) is 0. The molecule has 2 unspecified atom stereocenters. The van der Waals surface area contributed by atoms with E-state index in [9.17, 15) is 0 Å². The third-order valence-electron chi connectivity index (χ3n) is 27.9. The molecule has 0 aliphatic carbocycles. The van der Waals surface area contributed by atoms with Crippen molar-refractivity contribution in [3.8, 4) is 113 Å². The van der Waals surface area contributed by atoms with Crippen LogP contribution >= 0.6 is 0 Å². The predicted octanol–water partition coefficient (Wildman–Crippen LogP) is 36.4. The number of benzene rings is 22. The first-order valence-corrected chi connectivity index (χ1v) is 48.3. The van der Waals surface area contributed by atoms with Crippen LogP contribution in [0.3, 0.4) is 0 Å². The van der Waals surface area contributed by atoms with Gasteiger partial charge in [-0.15, -0.1) is 0 Å². The minimum Gasteiger partial charge on any atom is -0.457 e. The Hall–Kier alpha value is -18.8. The van der Waals surface area contributed by atoms with Crippen molar-refractivity contribution in [3.63, 3.8) is 0 Å². The van der Waals surface area contributed by atoms with Gasteiger partial charge in [0, 0.05) is 119 Å². The number of ether oxygens (including phenoxy) is 4. The molecule has 142 heavy (non-hydrogen) atoms. The van der Waals surface area contributed by atoms with E-state index in [4.69, 9.17) is 18.9 Å². The normalized spacial score (nSPS) is 13.9. The molecule has 4 aliphatic rings. The second-order valence-corrected chi connectivity index (χ2v) is 36.1. The monoisotopic (exact) mass is 1820 g/mol. The van der Waals surface area contributed by atoms with Gasteiger partial charge in [0.05, 0.1) is 16.5 Å². The first kappa shape index (κ1) is 84.9. The maximum atomic E-state index is 7.21. The van der Waals surface area contributed by atoms with Crippen LogP contribution in [-0.4, -0.2) is 0 Å². The fourth-order valence-corrected chi connectivity index (χ4v) is 21.6. The molecular formula is C134H92N4O4. The summed E-state index contributed by atoms with van der Waals surface area (Å²) in [6.45, 7) is 0. The third-order valence-corrected chi connectivity index (χ3v) is 27.9. The molecule has 0 saturated heterocycles. The van der Waals surface area contributed by atoms with Crippen LogP contribution < -0.4 is 38.5 Å². The smallest absolute Gasteiger partial charge is 0.134 e. The van der Waals surface area contributed by atoms with E-state index in [1.807, 2.05) is 0 Å². The molecule has 22 aromatic carbocycles. The first-order valence-electron chi connectivity index (χ1n) is 48.3. The molecule has 0 saturated carbocycles. The van der Waals surface area contributed by atoms with Gasteiger partial charge in [-0.3, -0.25) is 0 Å². The van der Waals surface area contributed by atoms with Crippen molar-refractivity contribution in [2.45, 2.75) is 10.8 Å². The molecule has 0 bridgehead atoms. The van der Waals surface area contributed by atoms with Crippen LogP contribution in [0.25, 0.3) is 66.8 Å². The molecule has 4 aliphatic heterocycles. The Morgan fingerprint density at radius 3 is 0.704 bits per heavy atom. The van der Waals surface area contributed by atoms with Crippen molar-refractivity contribution in [2.24, 2.45) is 0 Å². The van der Waals surface area contributed by atoms with Gasteiger partial charge in [0.15, 0.2) is 0 Å². The van der Waals surface area contributed by atoms with Gasteiger partial charge in [-0.05, 0) is 231 Å². The number of nitrogens with zero attached hydrogens (tertiary/aromatic N) is 4. The molecule has 2 spiro atoms. The average molecular weight is 1820 g/mol. The second-order valence-electron chi connectivity index (χ2n) is 36.1. The molecule has 0 amide bonds. The Labute approximate surface area is 827 Å². The Kier molecular flexibility index (Phi) is 22.0. The highest BCUT2D eigenvalue weighted by Gasteiger charge is 2.54. The van der Waals surface area contributed by atoms with E-state index in [-0.39, 0.29) is 0 Å². The number of rotatable bonds is 18. The van der Waals surface area contributed by atoms with Crippen LogP contribution in [-0.2, 0) is 10.8 Å². The van der Waals surface area contributed by atoms with Crippen LogP contribution in [0.5, 0.6) is 46.0 Å². The summed E-state index contributed by atoms with van der Waals surface area (Å²) in [5, 5.41) is 0. The lowest BCUT2D eigenvalue weighted by atomic mass is 9.61. The molecular weight excluding hydrogens is 1730 g/mol. The second kappa shape index (κ2) is 36.7. The molecule has 4 heterocycles. The molecule has 0 radical (unpaired) electrons. The SMILES string of the molecule is c1ccc(-c2ccc(N(c3cccc(-c4ccccc4)c3)c3ccc4c(c3)Oc3ccccc3C43c4ccccc4Oc4ccc(N(c5ccc(-c6ccccc6)cc5)c5cccc(-c6ccccc6)c5)cc43)cc2)cc1.c1ccc(-c2cccc(N(c3cccc(-c4ccccc4)c3)c3ccc4c(c3)Oc3ccccc3C43c4ccccc4Oc4cccc(N(c5ccccc5)c5ccccc5)c43)c2)cc1. The summed E-state index contributed by atoms with van der Waals surface area (Å²) >= 11 is 0. The van der Waals surface area contributed by atoms with E-state index in [0.29, 0.717) is 0 Å². The fraction of sp³-hybridized carbons (Fsp3) is 0.0149. The van der Waals surface area contributed by atoms with Gasteiger partial charge in [-0.1, -0.05) is 382 Å². The van der Waals surface area contributed by atoms with E-state index in [1.54, 1.807) is 0 Å². The van der Waals surface area contributed by atoms with Gasteiger partial charge in [-0.2, -0.15) is 0 Å². The van der Waals surface area contributed by atoms with Crippen molar-refractivity contribution in [1.82, 2.24) is 0 Å². The standard InChI is InChI=1S/C73H50N2O2.C61H42N2O2/c1-5-19-51(20-6-1)55-35-39-59(40-36-55)74(61-29-17-27-57(47-61)53-23-9-3-10-24-53)63-44-46-71-68(49-63)73(65-31-13-15-33-69(65)76-71)66-32-14-16-34-70(66)77-72-50-64(43-45-67(72)73)75(60-41-37-56(38-42-60)52-21-7-2-8-22-52)62-30-18-28-58(48-62)54-25-11-4-12-26-54;1-5-20-43(21-6-1)45-24-17-30-49(40-45)62(50-31-18-25-46(41-50)44-22-7-2-8-23-44)51-38-39-54-59(42-51)65-57-36-16-14-33-53(57)61(54)52-32-13-15-35-56(52)64-58-37-19-34-55(60(58)61)63(47-26-9-3-10-27-47)48-28-11-4-12-29-48/h1-50H;1-42H. The minimum atomic E-state index is -0.854. The van der Waals surface area contributed by atoms with Gasteiger partial charge < -0.3 is 38.5 Å². The molecule has 0 aromatic heterocycles. The van der Waals surface area contributed by atoms with E-state index in [0.717, 1.165) is 214 Å². The maximum absolute atomic E-state index is 7.21. The predicted molar refractivity (Wildman–Crippen MR) is 581 cm³/mol. The Morgan fingerprint density at radius 1 is 0.120 bits per heavy atom. The lowest BCUT2D eigenvalue weighted by Gasteiger charge is -2.46. The highest BCUT2D eigenvalue weighted by atomic mass is 16.5. The van der Waals surface area contributed by atoms with E-state index in [2.05, 4.69) is 578 Å². The van der Waals surface area contributed by atoms with E-state index < -0.39 is 10.8 Å². The largest absolute Gasteiger partial charge is 0.457 e. The molecule has 0 N–H and O–H groups in total. The van der Waals surface area contributed by atoms with E-state index in [1.165, 1.54) is 11.1 Å². The van der Waals surface area contributed by atoms with Gasteiger partial charge in [0.1, 0.15) is 46.0 Å². The summed E-state index contributed by atoms with van der Waals surface area (Å²) in [6.07, 6.45) is 0. The Bertz CT molecular complexity index is 8260. The molecule has 8 nitrogen and oxygen atoms in total. The van der Waals surface area contributed by atoms with E-state index >= 15 is 0 Å². The average Bonchev–Trinajstić information content (AvgIpc) is 0.686. The summed E-state index contributed by atoms with van der Waals surface area (Å²) < 4.78 is 28.4. The van der Waals surface area contributed by atoms with Gasteiger partial charge in [0.2, 0.25) is 0 Å². The zero-order valence-corrected chi connectivity index (χ0v) is 77.5. The van der Waals surface area contributed by atoms with Crippen molar-refractivity contribution in [2.75, 3.05) is 19.6 Å². The maximum Gasteiger partial charge on any atom is 0.134 e. The Morgan fingerprint density at radius 2 is 0.338 bits per heavy atom. The first-order chi connectivity index (χ1) is 70.4. The van der Waals surface area contributed by atoms with Crippen LogP contribution in [0.2, 0.25) is 0 Å². The van der Waals surface area contributed by atoms with Crippen molar-refractivity contribution in [3.05, 3.63) is 603 Å². The molecule has 8 heteroatoms. The van der Waals surface area contributed by atoms with Crippen LogP contribution in [0.15, 0.2) is 558 Å².